The zero-order valence-electron chi connectivity index (χ0n) is 10.7. The van der Waals surface area contributed by atoms with Crippen LogP contribution >= 0.6 is 0 Å². The van der Waals surface area contributed by atoms with Crippen LogP contribution in [-0.2, 0) is 10.0 Å². The van der Waals surface area contributed by atoms with Crippen molar-refractivity contribution in [2.24, 2.45) is 5.92 Å². The van der Waals surface area contributed by atoms with Gasteiger partial charge >= 0.3 is 5.97 Å². The summed E-state index contributed by atoms with van der Waals surface area (Å²) in [6, 6.07) is 1.04. The molecule has 1 aromatic heterocycles. The minimum Gasteiger partial charge on any atom is -0.475 e. The molecule has 1 heterocycles. The van der Waals surface area contributed by atoms with E-state index >= 15 is 0 Å². The van der Waals surface area contributed by atoms with Gasteiger partial charge in [0.2, 0.25) is 15.8 Å². The highest BCUT2D eigenvalue weighted by molar-refractivity contribution is 7.89. The van der Waals surface area contributed by atoms with E-state index in [0.717, 1.165) is 25.3 Å². The van der Waals surface area contributed by atoms with Crippen molar-refractivity contribution in [1.82, 2.24) is 4.72 Å². The van der Waals surface area contributed by atoms with Gasteiger partial charge < -0.3 is 9.52 Å². The highest BCUT2D eigenvalue weighted by atomic mass is 32.2. The first-order valence-corrected chi connectivity index (χ1v) is 7.72. The Kier molecular flexibility index (Phi) is 3.96. The number of carbonyl (C=O) groups is 1. The average molecular weight is 287 g/mol. The number of aromatic carboxylic acids is 1. The number of carboxylic acid groups (broad SMARTS) is 1. The number of sulfonamides is 1. The molecule has 1 fully saturated rings. The van der Waals surface area contributed by atoms with Crippen molar-refractivity contribution in [1.29, 1.82) is 0 Å². The zero-order chi connectivity index (χ0) is 14.0. The van der Waals surface area contributed by atoms with Crippen molar-refractivity contribution in [2.75, 3.05) is 6.54 Å². The molecule has 1 saturated carbocycles. The number of hydrogen-bond donors (Lipinski definition) is 2. The molecule has 7 heteroatoms. The number of aryl methyl sites for hydroxylation is 1. The molecule has 0 bridgehead atoms. The molecule has 0 aromatic carbocycles. The van der Waals surface area contributed by atoms with Crippen molar-refractivity contribution >= 4 is 16.0 Å². The van der Waals surface area contributed by atoms with E-state index in [1.165, 1.54) is 13.3 Å². The second-order valence-electron chi connectivity index (χ2n) is 4.82. The summed E-state index contributed by atoms with van der Waals surface area (Å²) >= 11 is 0. The lowest BCUT2D eigenvalue weighted by Crippen LogP contribution is -2.27. The van der Waals surface area contributed by atoms with Crippen LogP contribution in [0.2, 0.25) is 0 Å². The number of carboxylic acids is 1. The van der Waals surface area contributed by atoms with E-state index in [9.17, 15) is 13.2 Å². The molecule has 106 valence electrons. The Labute approximate surface area is 111 Å². The molecule has 0 spiro atoms. The van der Waals surface area contributed by atoms with Gasteiger partial charge in [-0.3, -0.25) is 0 Å². The van der Waals surface area contributed by atoms with Crippen LogP contribution in [-0.4, -0.2) is 26.0 Å². The lowest BCUT2D eigenvalue weighted by atomic mass is 9.83. The standard InChI is InChI=1S/C12H17NO5S/c1-8-11(7-10(18-8)12(14)15)19(16,17)13-6-5-9-3-2-4-9/h7,9,13H,2-6H2,1H3,(H,14,15). The number of rotatable bonds is 6. The van der Waals surface area contributed by atoms with E-state index in [-0.39, 0.29) is 16.4 Å². The first-order valence-electron chi connectivity index (χ1n) is 6.23. The summed E-state index contributed by atoms with van der Waals surface area (Å²) in [5.74, 6) is -0.938. The van der Waals surface area contributed by atoms with Gasteiger partial charge in [0, 0.05) is 12.6 Å². The summed E-state index contributed by atoms with van der Waals surface area (Å²) in [4.78, 5) is 10.6. The van der Waals surface area contributed by atoms with Crippen molar-refractivity contribution in [2.45, 2.75) is 37.5 Å². The highest BCUT2D eigenvalue weighted by Gasteiger charge is 2.24. The molecule has 0 radical (unpaired) electrons. The van der Waals surface area contributed by atoms with Crippen molar-refractivity contribution in [3.63, 3.8) is 0 Å². The summed E-state index contributed by atoms with van der Waals surface area (Å²) in [6.07, 6.45) is 4.37. The maximum Gasteiger partial charge on any atom is 0.371 e. The molecule has 0 saturated heterocycles. The largest absolute Gasteiger partial charge is 0.475 e. The molecule has 0 unspecified atom stereocenters. The fraction of sp³-hybridized carbons (Fsp3) is 0.583. The van der Waals surface area contributed by atoms with Gasteiger partial charge in [-0.05, 0) is 19.3 Å². The van der Waals surface area contributed by atoms with Crippen LogP contribution in [0.3, 0.4) is 0 Å². The monoisotopic (exact) mass is 287 g/mol. The maximum absolute atomic E-state index is 12.0. The fourth-order valence-electron chi connectivity index (χ4n) is 2.09. The molecule has 1 aromatic rings. The van der Waals surface area contributed by atoms with E-state index in [0.29, 0.717) is 12.5 Å². The summed E-state index contributed by atoms with van der Waals surface area (Å²) in [6.45, 7) is 1.81. The second-order valence-corrected chi connectivity index (χ2v) is 6.55. The Morgan fingerprint density at radius 1 is 1.53 bits per heavy atom. The van der Waals surface area contributed by atoms with Crippen LogP contribution in [0.25, 0.3) is 0 Å². The predicted octanol–water partition coefficient (Wildman–Crippen LogP) is 1.75. The Morgan fingerprint density at radius 2 is 2.21 bits per heavy atom. The quantitative estimate of drug-likeness (QED) is 0.831. The summed E-state index contributed by atoms with van der Waals surface area (Å²) in [7, 11) is -3.69. The third-order valence-corrected chi connectivity index (χ3v) is 5.01. The van der Waals surface area contributed by atoms with Gasteiger partial charge in [0.15, 0.2) is 0 Å². The van der Waals surface area contributed by atoms with E-state index in [1.807, 2.05) is 0 Å². The third kappa shape index (κ3) is 3.16. The van der Waals surface area contributed by atoms with Crippen molar-refractivity contribution in [3.05, 3.63) is 17.6 Å². The Bertz CT molecular complexity index is 571. The Morgan fingerprint density at radius 3 is 2.68 bits per heavy atom. The van der Waals surface area contributed by atoms with Crippen LogP contribution < -0.4 is 4.72 Å². The smallest absolute Gasteiger partial charge is 0.371 e. The van der Waals surface area contributed by atoms with Gasteiger partial charge in [0.25, 0.3) is 0 Å². The van der Waals surface area contributed by atoms with Gasteiger partial charge in [-0.2, -0.15) is 0 Å². The fourth-order valence-corrected chi connectivity index (χ4v) is 3.32. The molecule has 1 aliphatic carbocycles. The SMILES string of the molecule is Cc1oc(C(=O)O)cc1S(=O)(=O)NCCC1CCC1. The highest BCUT2D eigenvalue weighted by Crippen LogP contribution is 2.29. The first-order chi connectivity index (χ1) is 8.90. The van der Waals surface area contributed by atoms with Crippen molar-refractivity contribution < 1.29 is 22.7 Å². The average Bonchev–Trinajstić information content (AvgIpc) is 2.65. The minimum atomic E-state index is -3.69. The summed E-state index contributed by atoms with van der Waals surface area (Å²) in [5, 5.41) is 8.77. The maximum atomic E-state index is 12.0. The van der Waals surface area contributed by atoms with Crippen LogP contribution in [0.5, 0.6) is 0 Å². The van der Waals surface area contributed by atoms with E-state index < -0.39 is 16.0 Å². The van der Waals surface area contributed by atoms with E-state index in [4.69, 9.17) is 9.52 Å². The van der Waals surface area contributed by atoms with Gasteiger partial charge in [0.1, 0.15) is 10.7 Å². The van der Waals surface area contributed by atoms with Crippen LogP contribution in [0.1, 0.15) is 42.0 Å². The van der Waals surface area contributed by atoms with Gasteiger partial charge in [-0.1, -0.05) is 19.3 Å². The second kappa shape index (κ2) is 5.34. The third-order valence-electron chi connectivity index (χ3n) is 3.44. The molecule has 6 nitrogen and oxygen atoms in total. The zero-order valence-corrected chi connectivity index (χ0v) is 11.5. The Hall–Kier alpha value is -1.34. The number of furan rings is 1. The number of nitrogens with one attached hydrogen (secondary N) is 1. The summed E-state index contributed by atoms with van der Waals surface area (Å²) < 4.78 is 31.4. The molecular weight excluding hydrogens is 270 g/mol. The van der Waals surface area contributed by atoms with E-state index in [2.05, 4.69) is 4.72 Å². The Balaban J connectivity index is 2.03. The van der Waals surface area contributed by atoms with Gasteiger partial charge in [-0.25, -0.2) is 17.9 Å². The topological polar surface area (TPSA) is 96.6 Å². The summed E-state index contributed by atoms with van der Waals surface area (Å²) in [5.41, 5.74) is 0. The molecule has 2 rings (SSSR count). The van der Waals surface area contributed by atoms with Gasteiger partial charge in [0.05, 0.1) is 0 Å². The molecular formula is C12H17NO5S. The first kappa shape index (κ1) is 14.1. The molecule has 2 N–H and O–H groups in total. The molecule has 1 aliphatic rings. The molecule has 0 amide bonds. The minimum absolute atomic E-state index is 0.0912. The molecule has 0 aliphatic heterocycles. The predicted molar refractivity (Wildman–Crippen MR) is 67.6 cm³/mol. The van der Waals surface area contributed by atoms with Gasteiger partial charge in [-0.15, -0.1) is 0 Å². The van der Waals surface area contributed by atoms with Crippen LogP contribution in [0, 0.1) is 12.8 Å². The molecule has 0 atom stereocenters. The van der Waals surface area contributed by atoms with Crippen LogP contribution in [0.4, 0.5) is 0 Å². The molecule has 19 heavy (non-hydrogen) atoms. The normalized spacial score (nSPS) is 16.3. The number of hydrogen-bond acceptors (Lipinski definition) is 4. The van der Waals surface area contributed by atoms with Crippen molar-refractivity contribution in [3.8, 4) is 0 Å². The van der Waals surface area contributed by atoms with Crippen LogP contribution in [0.15, 0.2) is 15.4 Å². The lowest BCUT2D eigenvalue weighted by Gasteiger charge is -2.25. The van der Waals surface area contributed by atoms with E-state index in [1.54, 1.807) is 0 Å². The lowest BCUT2D eigenvalue weighted by molar-refractivity contribution is 0.0661.